The first kappa shape index (κ1) is 14.6. The molecule has 1 aromatic heterocycles. The van der Waals surface area contributed by atoms with Gasteiger partial charge in [0.05, 0.1) is 16.2 Å². The number of hydrogen-bond acceptors (Lipinski definition) is 3. The highest BCUT2D eigenvalue weighted by atomic mass is 35.5. The summed E-state index contributed by atoms with van der Waals surface area (Å²) in [5.41, 5.74) is 0.830. The Morgan fingerprint density at radius 2 is 1.95 bits per heavy atom. The van der Waals surface area contributed by atoms with E-state index in [0.29, 0.717) is 21.6 Å². The normalized spacial score (nSPS) is 10.9. The fraction of sp³-hybridized carbons (Fsp3) is 0.333. The number of hydrogen-bond donors (Lipinski definition) is 1. The SMILES string of the molecule is Clc1ccc(Cl)c(CNCCCn2ccnn2)c1Cl. The zero-order chi connectivity index (χ0) is 13.7. The predicted octanol–water partition coefficient (Wildman–Crippen LogP) is 3.42. The molecule has 0 radical (unpaired) electrons. The Bertz CT molecular complexity index is 528. The van der Waals surface area contributed by atoms with E-state index in [-0.39, 0.29) is 0 Å². The summed E-state index contributed by atoms with van der Waals surface area (Å²) in [6, 6.07) is 3.45. The second-order valence-electron chi connectivity index (χ2n) is 4.02. The molecule has 0 fully saturated rings. The van der Waals surface area contributed by atoms with Crippen molar-refractivity contribution in [2.24, 2.45) is 0 Å². The summed E-state index contributed by atoms with van der Waals surface area (Å²) >= 11 is 18.2. The first-order valence-electron chi connectivity index (χ1n) is 5.85. The van der Waals surface area contributed by atoms with Crippen molar-refractivity contribution in [1.29, 1.82) is 0 Å². The van der Waals surface area contributed by atoms with Crippen LogP contribution < -0.4 is 5.32 Å². The summed E-state index contributed by atoms with van der Waals surface area (Å²) in [6.07, 6.45) is 4.45. The molecule has 7 heteroatoms. The number of aryl methyl sites for hydroxylation is 1. The van der Waals surface area contributed by atoms with Gasteiger partial charge in [-0.3, -0.25) is 4.68 Å². The van der Waals surface area contributed by atoms with E-state index in [2.05, 4.69) is 15.6 Å². The molecule has 1 heterocycles. The molecule has 2 aromatic rings. The lowest BCUT2D eigenvalue weighted by Gasteiger charge is -2.09. The van der Waals surface area contributed by atoms with Gasteiger partial charge >= 0.3 is 0 Å². The smallest absolute Gasteiger partial charge is 0.0692 e. The second kappa shape index (κ2) is 7.10. The van der Waals surface area contributed by atoms with E-state index in [1.165, 1.54) is 0 Å². The van der Waals surface area contributed by atoms with E-state index in [0.717, 1.165) is 25.1 Å². The van der Waals surface area contributed by atoms with E-state index in [9.17, 15) is 0 Å². The summed E-state index contributed by atoms with van der Waals surface area (Å²) in [7, 11) is 0. The highest BCUT2D eigenvalue weighted by molar-refractivity contribution is 6.44. The van der Waals surface area contributed by atoms with Crippen LogP contribution in [0.5, 0.6) is 0 Å². The minimum Gasteiger partial charge on any atom is -0.312 e. The molecular weight excluding hydrogens is 307 g/mol. The first-order chi connectivity index (χ1) is 9.18. The highest BCUT2D eigenvalue weighted by Crippen LogP contribution is 2.31. The van der Waals surface area contributed by atoms with Crippen molar-refractivity contribution in [3.05, 3.63) is 45.2 Å². The number of benzene rings is 1. The molecule has 4 nitrogen and oxygen atoms in total. The minimum atomic E-state index is 0.512. The van der Waals surface area contributed by atoms with E-state index in [1.54, 1.807) is 23.0 Å². The molecule has 0 bridgehead atoms. The third kappa shape index (κ3) is 4.08. The van der Waals surface area contributed by atoms with Crippen LogP contribution in [-0.2, 0) is 13.1 Å². The van der Waals surface area contributed by atoms with E-state index in [1.807, 2.05) is 6.20 Å². The molecule has 0 unspecified atom stereocenters. The maximum atomic E-state index is 6.11. The van der Waals surface area contributed by atoms with Crippen LogP contribution in [0.3, 0.4) is 0 Å². The van der Waals surface area contributed by atoms with Gasteiger partial charge in [0.25, 0.3) is 0 Å². The minimum absolute atomic E-state index is 0.512. The molecule has 0 aliphatic heterocycles. The van der Waals surface area contributed by atoms with Gasteiger partial charge < -0.3 is 5.32 Å². The summed E-state index contributed by atoms with van der Waals surface area (Å²) in [5, 5.41) is 12.6. The Hall–Kier alpha value is -0.810. The van der Waals surface area contributed by atoms with Crippen LogP contribution in [0, 0.1) is 0 Å². The van der Waals surface area contributed by atoms with E-state index >= 15 is 0 Å². The van der Waals surface area contributed by atoms with E-state index < -0.39 is 0 Å². The monoisotopic (exact) mass is 318 g/mol. The van der Waals surface area contributed by atoms with Crippen molar-refractivity contribution in [3.63, 3.8) is 0 Å². The van der Waals surface area contributed by atoms with Gasteiger partial charge in [0.1, 0.15) is 0 Å². The maximum Gasteiger partial charge on any atom is 0.0692 e. The summed E-state index contributed by atoms with van der Waals surface area (Å²) < 4.78 is 1.79. The Balaban J connectivity index is 1.78. The average molecular weight is 320 g/mol. The molecule has 1 aromatic carbocycles. The van der Waals surface area contributed by atoms with Gasteiger partial charge in [-0.25, -0.2) is 0 Å². The quantitative estimate of drug-likeness (QED) is 0.655. The van der Waals surface area contributed by atoms with Crippen LogP contribution in [0.2, 0.25) is 15.1 Å². The van der Waals surface area contributed by atoms with Gasteiger partial charge in [0, 0.05) is 29.9 Å². The molecule has 19 heavy (non-hydrogen) atoms. The average Bonchev–Trinajstić information content (AvgIpc) is 2.90. The third-order valence-electron chi connectivity index (χ3n) is 2.65. The van der Waals surface area contributed by atoms with Crippen LogP contribution in [-0.4, -0.2) is 21.5 Å². The standard InChI is InChI=1S/C12H13Cl3N4/c13-10-2-3-11(14)12(15)9(10)8-16-4-1-6-19-7-5-17-18-19/h2-3,5,7,16H,1,4,6,8H2. The molecule has 0 spiro atoms. The molecular formula is C12H13Cl3N4. The van der Waals surface area contributed by atoms with Gasteiger partial charge in [-0.05, 0) is 25.1 Å². The van der Waals surface area contributed by atoms with Crippen LogP contribution in [0.25, 0.3) is 0 Å². The van der Waals surface area contributed by atoms with Crippen molar-refractivity contribution in [3.8, 4) is 0 Å². The fourth-order valence-electron chi connectivity index (χ4n) is 1.66. The van der Waals surface area contributed by atoms with Crippen molar-refractivity contribution in [1.82, 2.24) is 20.3 Å². The number of nitrogens with one attached hydrogen (secondary N) is 1. The Kier molecular flexibility index (Phi) is 5.45. The first-order valence-corrected chi connectivity index (χ1v) is 6.99. The lowest BCUT2D eigenvalue weighted by Crippen LogP contribution is -2.17. The molecule has 102 valence electrons. The number of halogens is 3. The Morgan fingerprint density at radius 3 is 2.68 bits per heavy atom. The van der Waals surface area contributed by atoms with E-state index in [4.69, 9.17) is 34.8 Å². The largest absolute Gasteiger partial charge is 0.312 e. The predicted molar refractivity (Wildman–Crippen MR) is 77.8 cm³/mol. The highest BCUT2D eigenvalue weighted by Gasteiger charge is 2.08. The second-order valence-corrected chi connectivity index (χ2v) is 5.21. The summed E-state index contributed by atoms with van der Waals surface area (Å²) in [4.78, 5) is 0. The molecule has 0 saturated heterocycles. The van der Waals surface area contributed by atoms with Crippen molar-refractivity contribution in [2.75, 3.05) is 6.54 Å². The number of aromatic nitrogens is 3. The molecule has 0 amide bonds. The topological polar surface area (TPSA) is 42.7 Å². The van der Waals surface area contributed by atoms with Gasteiger partial charge in [0.15, 0.2) is 0 Å². The summed E-state index contributed by atoms with van der Waals surface area (Å²) in [6.45, 7) is 2.25. The molecule has 0 atom stereocenters. The number of rotatable bonds is 6. The zero-order valence-corrected chi connectivity index (χ0v) is 12.4. The molecule has 0 aliphatic rings. The maximum absolute atomic E-state index is 6.11. The number of nitrogens with zero attached hydrogens (tertiary/aromatic N) is 3. The molecule has 0 aliphatic carbocycles. The molecule has 1 N–H and O–H groups in total. The van der Waals surface area contributed by atoms with Crippen molar-refractivity contribution >= 4 is 34.8 Å². The van der Waals surface area contributed by atoms with Crippen molar-refractivity contribution < 1.29 is 0 Å². The Morgan fingerprint density at radius 1 is 1.16 bits per heavy atom. The van der Waals surface area contributed by atoms with Gasteiger partial charge in [-0.1, -0.05) is 40.0 Å². The fourth-order valence-corrected chi connectivity index (χ4v) is 2.34. The summed E-state index contributed by atoms with van der Waals surface area (Å²) in [5.74, 6) is 0. The van der Waals surface area contributed by atoms with Gasteiger partial charge in [-0.2, -0.15) is 0 Å². The Labute approximate surface area is 126 Å². The lowest BCUT2D eigenvalue weighted by atomic mass is 10.2. The van der Waals surface area contributed by atoms with Gasteiger partial charge in [0.2, 0.25) is 0 Å². The van der Waals surface area contributed by atoms with Crippen LogP contribution in [0.4, 0.5) is 0 Å². The van der Waals surface area contributed by atoms with Crippen LogP contribution >= 0.6 is 34.8 Å². The lowest BCUT2D eigenvalue weighted by molar-refractivity contribution is 0.530. The zero-order valence-electron chi connectivity index (χ0n) is 10.1. The van der Waals surface area contributed by atoms with Crippen molar-refractivity contribution in [2.45, 2.75) is 19.5 Å². The van der Waals surface area contributed by atoms with Crippen LogP contribution in [0.1, 0.15) is 12.0 Å². The molecule has 0 saturated carbocycles. The van der Waals surface area contributed by atoms with Gasteiger partial charge in [-0.15, -0.1) is 5.10 Å². The molecule has 2 rings (SSSR count). The van der Waals surface area contributed by atoms with Crippen LogP contribution in [0.15, 0.2) is 24.5 Å². The third-order valence-corrected chi connectivity index (χ3v) is 3.85.